The molecule has 1 atom stereocenters. The quantitative estimate of drug-likeness (QED) is 0.804. The number of methoxy groups -OCH3 is 1. The first-order valence-electron chi connectivity index (χ1n) is 7.77. The summed E-state index contributed by atoms with van der Waals surface area (Å²) in [4.78, 5) is 12.7. The third kappa shape index (κ3) is 4.23. The fraction of sp³-hybridized carbons (Fsp3) is 0.235. The van der Waals surface area contributed by atoms with Gasteiger partial charge < -0.3 is 14.8 Å². The van der Waals surface area contributed by atoms with E-state index in [4.69, 9.17) is 32.7 Å². The van der Waals surface area contributed by atoms with Crippen LogP contribution in [0.25, 0.3) is 0 Å². The number of ether oxygens (including phenoxy) is 2. The number of anilines is 2. The van der Waals surface area contributed by atoms with Gasteiger partial charge in [-0.2, -0.15) is 0 Å². The van der Waals surface area contributed by atoms with Gasteiger partial charge in [0.05, 0.1) is 31.3 Å². The molecular formula is C17H16Cl2N2O5S. The fourth-order valence-corrected chi connectivity index (χ4v) is 3.91. The molecule has 10 heteroatoms. The Labute approximate surface area is 166 Å². The highest BCUT2D eigenvalue weighted by molar-refractivity contribution is 7.92. The van der Waals surface area contributed by atoms with Crippen LogP contribution >= 0.6 is 23.2 Å². The van der Waals surface area contributed by atoms with Crippen molar-refractivity contribution in [2.24, 2.45) is 0 Å². The van der Waals surface area contributed by atoms with Crippen LogP contribution in [0, 0.1) is 0 Å². The van der Waals surface area contributed by atoms with Gasteiger partial charge in [0.15, 0.2) is 6.10 Å². The van der Waals surface area contributed by atoms with Gasteiger partial charge in [-0.05, 0) is 36.4 Å². The molecule has 7 nitrogen and oxygen atoms in total. The van der Waals surface area contributed by atoms with Crippen molar-refractivity contribution in [3.8, 4) is 11.5 Å². The van der Waals surface area contributed by atoms with Gasteiger partial charge in [0.1, 0.15) is 11.5 Å². The van der Waals surface area contributed by atoms with E-state index in [0.717, 1.165) is 10.6 Å². The Morgan fingerprint density at radius 1 is 1.22 bits per heavy atom. The minimum absolute atomic E-state index is 0.194. The number of carbonyl (C=O) groups is 1. The summed E-state index contributed by atoms with van der Waals surface area (Å²) in [5.41, 5.74) is 0.640. The van der Waals surface area contributed by atoms with Crippen molar-refractivity contribution in [1.82, 2.24) is 0 Å². The predicted octanol–water partition coefficient (Wildman–Crippen LogP) is 3.17. The zero-order chi connectivity index (χ0) is 19.8. The van der Waals surface area contributed by atoms with Crippen LogP contribution in [0.1, 0.15) is 0 Å². The Morgan fingerprint density at radius 2 is 1.89 bits per heavy atom. The summed E-state index contributed by atoms with van der Waals surface area (Å²) in [5, 5.41) is 3.43. The molecule has 0 aromatic heterocycles. The molecule has 27 heavy (non-hydrogen) atoms. The number of nitrogens with one attached hydrogen (secondary N) is 1. The highest BCUT2D eigenvalue weighted by Crippen LogP contribution is 2.37. The number of benzene rings is 2. The van der Waals surface area contributed by atoms with E-state index in [2.05, 4.69) is 5.32 Å². The lowest BCUT2D eigenvalue weighted by Crippen LogP contribution is -2.48. The maximum atomic E-state index is 12.7. The third-order valence-electron chi connectivity index (χ3n) is 3.90. The first kappa shape index (κ1) is 19.6. The average molecular weight is 431 g/mol. The van der Waals surface area contributed by atoms with Crippen molar-refractivity contribution >= 4 is 50.5 Å². The van der Waals surface area contributed by atoms with E-state index in [9.17, 15) is 13.2 Å². The zero-order valence-electron chi connectivity index (χ0n) is 14.4. The Hall–Kier alpha value is -2.16. The largest absolute Gasteiger partial charge is 0.495 e. The van der Waals surface area contributed by atoms with Gasteiger partial charge >= 0.3 is 0 Å². The molecule has 1 heterocycles. The minimum Gasteiger partial charge on any atom is -0.495 e. The van der Waals surface area contributed by atoms with Crippen molar-refractivity contribution in [2.75, 3.05) is 29.5 Å². The zero-order valence-corrected chi connectivity index (χ0v) is 16.7. The van der Waals surface area contributed by atoms with Crippen LogP contribution in [0.2, 0.25) is 10.0 Å². The molecule has 3 rings (SSSR count). The molecule has 0 bridgehead atoms. The topological polar surface area (TPSA) is 84.9 Å². The second-order valence-electron chi connectivity index (χ2n) is 5.85. The number of rotatable bonds is 4. The Morgan fingerprint density at radius 3 is 2.56 bits per heavy atom. The SMILES string of the molecule is COc1ccc(Cl)cc1NC(=O)C1CN(S(C)(=O)=O)c2cc(Cl)ccc2O1. The Kier molecular flexibility index (Phi) is 5.41. The van der Waals surface area contributed by atoms with E-state index >= 15 is 0 Å². The molecule has 1 aliphatic rings. The highest BCUT2D eigenvalue weighted by Gasteiger charge is 2.35. The van der Waals surface area contributed by atoms with Crippen molar-refractivity contribution < 1.29 is 22.7 Å². The number of fused-ring (bicyclic) bond motifs is 1. The van der Waals surface area contributed by atoms with Gasteiger partial charge in [-0.25, -0.2) is 8.42 Å². The molecule has 1 amide bonds. The van der Waals surface area contributed by atoms with Crippen LogP contribution in [0.5, 0.6) is 11.5 Å². The fourth-order valence-electron chi connectivity index (χ4n) is 2.67. The molecule has 1 unspecified atom stereocenters. The lowest BCUT2D eigenvalue weighted by Gasteiger charge is -2.34. The summed E-state index contributed by atoms with van der Waals surface area (Å²) in [5.74, 6) is 0.120. The van der Waals surface area contributed by atoms with Crippen LogP contribution in [0.15, 0.2) is 36.4 Å². The molecule has 0 radical (unpaired) electrons. The first-order chi connectivity index (χ1) is 12.7. The Bertz CT molecular complexity index is 997. The van der Waals surface area contributed by atoms with Crippen LogP contribution in [0.3, 0.4) is 0 Å². The molecule has 1 aliphatic heterocycles. The molecule has 144 valence electrons. The summed E-state index contributed by atoms with van der Waals surface area (Å²) in [6, 6.07) is 9.32. The molecule has 0 saturated carbocycles. The Balaban J connectivity index is 1.91. The van der Waals surface area contributed by atoms with Gasteiger partial charge in [-0.3, -0.25) is 9.10 Å². The van der Waals surface area contributed by atoms with Gasteiger partial charge in [0.2, 0.25) is 10.0 Å². The second kappa shape index (κ2) is 7.46. The van der Waals surface area contributed by atoms with Gasteiger partial charge in [0.25, 0.3) is 5.91 Å². The standard InChI is InChI=1S/C17H16Cl2N2O5S/c1-25-14-5-3-10(18)7-12(14)20-17(22)16-9-21(27(2,23)24)13-8-11(19)4-6-15(13)26-16/h3-8,16H,9H2,1-2H3,(H,20,22). The van der Waals surface area contributed by atoms with E-state index in [1.165, 1.54) is 25.3 Å². The molecule has 0 spiro atoms. The molecule has 0 saturated heterocycles. The number of carbonyl (C=O) groups excluding carboxylic acids is 1. The molecule has 0 fully saturated rings. The number of nitrogens with zero attached hydrogens (tertiary/aromatic N) is 1. The van der Waals surface area contributed by atoms with Crippen LogP contribution in [-0.2, 0) is 14.8 Å². The van der Waals surface area contributed by atoms with Crippen molar-refractivity contribution in [3.05, 3.63) is 46.4 Å². The molecule has 0 aliphatic carbocycles. The monoisotopic (exact) mass is 430 g/mol. The minimum atomic E-state index is -3.65. The molecule has 2 aromatic carbocycles. The maximum Gasteiger partial charge on any atom is 0.267 e. The van der Waals surface area contributed by atoms with E-state index in [1.54, 1.807) is 18.2 Å². The normalized spacial score (nSPS) is 16.3. The van der Waals surface area contributed by atoms with Crippen LogP contribution in [0.4, 0.5) is 11.4 Å². The number of hydrogen-bond donors (Lipinski definition) is 1. The highest BCUT2D eigenvalue weighted by atomic mass is 35.5. The van der Waals surface area contributed by atoms with Gasteiger partial charge in [0, 0.05) is 10.0 Å². The van der Waals surface area contributed by atoms with Gasteiger partial charge in [-0.15, -0.1) is 0 Å². The third-order valence-corrected chi connectivity index (χ3v) is 5.52. The van der Waals surface area contributed by atoms with Gasteiger partial charge in [-0.1, -0.05) is 23.2 Å². The molecule has 1 N–H and O–H groups in total. The number of hydrogen-bond acceptors (Lipinski definition) is 5. The summed E-state index contributed by atoms with van der Waals surface area (Å²) in [6.45, 7) is -0.194. The number of halogens is 2. The van der Waals surface area contributed by atoms with E-state index in [-0.39, 0.29) is 18.0 Å². The van der Waals surface area contributed by atoms with E-state index in [1.807, 2.05) is 0 Å². The summed E-state index contributed by atoms with van der Waals surface area (Å²) in [6.07, 6.45) is -0.0186. The predicted molar refractivity (Wildman–Crippen MR) is 105 cm³/mol. The smallest absolute Gasteiger partial charge is 0.267 e. The second-order valence-corrected chi connectivity index (χ2v) is 8.63. The van der Waals surface area contributed by atoms with E-state index < -0.39 is 22.0 Å². The molecule has 2 aromatic rings. The van der Waals surface area contributed by atoms with E-state index in [0.29, 0.717) is 21.5 Å². The maximum absolute atomic E-state index is 12.7. The summed E-state index contributed by atoms with van der Waals surface area (Å²) in [7, 11) is -2.19. The number of amides is 1. The lowest BCUT2D eigenvalue weighted by atomic mass is 10.2. The summed E-state index contributed by atoms with van der Waals surface area (Å²) >= 11 is 11.9. The lowest BCUT2D eigenvalue weighted by molar-refractivity contribution is -0.122. The number of sulfonamides is 1. The summed E-state index contributed by atoms with van der Waals surface area (Å²) < 4.78 is 36.4. The average Bonchev–Trinajstić information content (AvgIpc) is 2.60. The molecular weight excluding hydrogens is 415 g/mol. The van der Waals surface area contributed by atoms with Crippen molar-refractivity contribution in [1.29, 1.82) is 0 Å². The van der Waals surface area contributed by atoms with Crippen molar-refractivity contribution in [3.63, 3.8) is 0 Å². The van der Waals surface area contributed by atoms with Crippen molar-refractivity contribution in [2.45, 2.75) is 6.10 Å². The first-order valence-corrected chi connectivity index (χ1v) is 10.4. The van der Waals surface area contributed by atoms with Crippen LogP contribution in [-0.4, -0.2) is 40.3 Å². The van der Waals surface area contributed by atoms with Crippen LogP contribution < -0.4 is 19.1 Å².